The summed E-state index contributed by atoms with van der Waals surface area (Å²) in [5.41, 5.74) is 2.03. The first-order valence-corrected chi connectivity index (χ1v) is 4.96. The number of hydrogen-bond donors (Lipinski definition) is 1. The molecular formula is C12H22O. The summed E-state index contributed by atoms with van der Waals surface area (Å²) in [7, 11) is 0. The SMILES string of the molecule is CC.CC.Cc1ccc(C)c(O)c1. The van der Waals surface area contributed by atoms with Gasteiger partial charge in [0.1, 0.15) is 5.75 Å². The maximum atomic E-state index is 9.10. The predicted octanol–water partition coefficient (Wildman–Crippen LogP) is 4.06. The zero-order valence-electron chi connectivity index (χ0n) is 9.68. The van der Waals surface area contributed by atoms with Gasteiger partial charge in [0.2, 0.25) is 0 Å². The third-order valence-electron chi connectivity index (χ3n) is 1.36. The number of phenols is 1. The summed E-state index contributed by atoms with van der Waals surface area (Å²) in [5, 5.41) is 9.10. The Hall–Kier alpha value is -0.980. The van der Waals surface area contributed by atoms with E-state index < -0.39 is 0 Å². The lowest BCUT2D eigenvalue weighted by molar-refractivity contribution is 0.470. The van der Waals surface area contributed by atoms with Crippen molar-refractivity contribution in [3.63, 3.8) is 0 Å². The number of rotatable bonds is 0. The van der Waals surface area contributed by atoms with Crippen LogP contribution in [0.1, 0.15) is 38.8 Å². The third-order valence-corrected chi connectivity index (χ3v) is 1.36. The van der Waals surface area contributed by atoms with Crippen LogP contribution in [0.5, 0.6) is 5.75 Å². The van der Waals surface area contributed by atoms with Crippen molar-refractivity contribution in [3.05, 3.63) is 29.3 Å². The van der Waals surface area contributed by atoms with Crippen LogP contribution in [0, 0.1) is 13.8 Å². The summed E-state index contributed by atoms with van der Waals surface area (Å²) >= 11 is 0. The summed E-state index contributed by atoms with van der Waals surface area (Å²) in [6.45, 7) is 11.8. The monoisotopic (exact) mass is 182 g/mol. The number of aryl methyl sites for hydroxylation is 2. The lowest BCUT2D eigenvalue weighted by atomic mass is 10.1. The van der Waals surface area contributed by atoms with E-state index in [1.165, 1.54) is 0 Å². The smallest absolute Gasteiger partial charge is 0.118 e. The topological polar surface area (TPSA) is 20.2 Å². The first-order chi connectivity index (χ1) is 6.20. The fourth-order valence-electron chi connectivity index (χ4n) is 0.719. The minimum atomic E-state index is 0.384. The molecule has 0 heterocycles. The average Bonchev–Trinajstić information content (AvgIpc) is 2.18. The Balaban J connectivity index is 0. The van der Waals surface area contributed by atoms with Gasteiger partial charge in [-0.3, -0.25) is 0 Å². The minimum Gasteiger partial charge on any atom is -0.508 e. The highest BCUT2D eigenvalue weighted by Gasteiger charge is 1.91. The van der Waals surface area contributed by atoms with Gasteiger partial charge in [-0.05, 0) is 31.0 Å². The lowest BCUT2D eigenvalue weighted by Gasteiger charge is -1.97. The van der Waals surface area contributed by atoms with E-state index in [4.69, 9.17) is 5.11 Å². The van der Waals surface area contributed by atoms with Crippen LogP contribution in [0.4, 0.5) is 0 Å². The van der Waals surface area contributed by atoms with Crippen LogP contribution < -0.4 is 0 Å². The van der Waals surface area contributed by atoms with Crippen LogP contribution in [0.25, 0.3) is 0 Å². The van der Waals surface area contributed by atoms with Crippen LogP contribution in [-0.2, 0) is 0 Å². The van der Waals surface area contributed by atoms with Crippen molar-refractivity contribution in [2.45, 2.75) is 41.5 Å². The second-order valence-corrected chi connectivity index (χ2v) is 2.29. The summed E-state index contributed by atoms with van der Waals surface area (Å²) in [5.74, 6) is 0.384. The fourth-order valence-corrected chi connectivity index (χ4v) is 0.719. The first-order valence-electron chi connectivity index (χ1n) is 4.96. The molecule has 0 atom stereocenters. The molecule has 0 bridgehead atoms. The highest BCUT2D eigenvalue weighted by atomic mass is 16.3. The molecule has 0 saturated carbocycles. The second kappa shape index (κ2) is 9.11. The Morgan fingerprint density at radius 1 is 0.923 bits per heavy atom. The maximum Gasteiger partial charge on any atom is 0.118 e. The molecule has 0 aliphatic rings. The van der Waals surface area contributed by atoms with Gasteiger partial charge >= 0.3 is 0 Å². The fraction of sp³-hybridized carbons (Fsp3) is 0.500. The van der Waals surface area contributed by atoms with Gasteiger partial charge in [0, 0.05) is 0 Å². The number of hydrogen-bond acceptors (Lipinski definition) is 1. The molecule has 1 N–H and O–H groups in total. The highest BCUT2D eigenvalue weighted by molar-refractivity contribution is 5.34. The average molecular weight is 182 g/mol. The van der Waals surface area contributed by atoms with Crippen molar-refractivity contribution < 1.29 is 5.11 Å². The van der Waals surface area contributed by atoms with E-state index in [0.29, 0.717) is 5.75 Å². The van der Waals surface area contributed by atoms with Gasteiger partial charge in [0.05, 0.1) is 0 Å². The van der Waals surface area contributed by atoms with Crippen molar-refractivity contribution in [2.24, 2.45) is 0 Å². The molecule has 0 saturated heterocycles. The largest absolute Gasteiger partial charge is 0.508 e. The zero-order chi connectivity index (χ0) is 10.9. The summed E-state index contributed by atoms with van der Waals surface area (Å²) in [6.07, 6.45) is 0. The van der Waals surface area contributed by atoms with E-state index in [1.807, 2.05) is 53.7 Å². The molecule has 0 amide bonds. The number of phenolic OH excluding ortho intramolecular Hbond substituents is 1. The first kappa shape index (κ1) is 14.5. The molecule has 0 spiro atoms. The molecule has 1 nitrogen and oxygen atoms in total. The molecule has 0 unspecified atom stereocenters. The highest BCUT2D eigenvalue weighted by Crippen LogP contribution is 2.15. The zero-order valence-corrected chi connectivity index (χ0v) is 9.68. The van der Waals surface area contributed by atoms with Gasteiger partial charge in [-0.1, -0.05) is 39.8 Å². The van der Waals surface area contributed by atoms with Gasteiger partial charge in [-0.25, -0.2) is 0 Å². The normalized spacial score (nSPS) is 7.54. The Morgan fingerprint density at radius 2 is 1.38 bits per heavy atom. The second-order valence-electron chi connectivity index (χ2n) is 2.29. The Kier molecular flexibility index (Phi) is 10.2. The van der Waals surface area contributed by atoms with Crippen LogP contribution in [0.2, 0.25) is 0 Å². The molecule has 1 aromatic carbocycles. The van der Waals surface area contributed by atoms with E-state index in [2.05, 4.69) is 0 Å². The van der Waals surface area contributed by atoms with Gasteiger partial charge in [-0.15, -0.1) is 0 Å². The van der Waals surface area contributed by atoms with Crippen molar-refractivity contribution in [3.8, 4) is 5.75 Å². The maximum absolute atomic E-state index is 9.10. The van der Waals surface area contributed by atoms with Gasteiger partial charge in [0.25, 0.3) is 0 Å². The van der Waals surface area contributed by atoms with Crippen LogP contribution >= 0.6 is 0 Å². The van der Waals surface area contributed by atoms with Crippen molar-refractivity contribution in [2.75, 3.05) is 0 Å². The van der Waals surface area contributed by atoms with Crippen LogP contribution in [0.3, 0.4) is 0 Å². The molecule has 0 aliphatic carbocycles. The lowest BCUT2D eigenvalue weighted by Crippen LogP contribution is -1.74. The molecule has 76 valence electrons. The Bertz CT molecular complexity index is 216. The molecule has 0 aliphatic heterocycles. The third kappa shape index (κ3) is 6.21. The Morgan fingerprint density at radius 3 is 1.69 bits per heavy atom. The summed E-state index contributed by atoms with van der Waals surface area (Å²) in [6, 6.07) is 5.65. The summed E-state index contributed by atoms with van der Waals surface area (Å²) in [4.78, 5) is 0. The number of benzene rings is 1. The van der Waals surface area contributed by atoms with Gasteiger partial charge in [0.15, 0.2) is 0 Å². The quantitative estimate of drug-likeness (QED) is 0.641. The van der Waals surface area contributed by atoms with E-state index in [0.717, 1.165) is 11.1 Å². The van der Waals surface area contributed by atoms with Crippen molar-refractivity contribution in [1.82, 2.24) is 0 Å². The van der Waals surface area contributed by atoms with Crippen molar-refractivity contribution >= 4 is 0 Å². The molecule has 13 heavy (non-hydrogen) atoms. The van der Waals surface area contributed by atoms with E-state index >= 15 is 0 Å². The van der Waals surface area contributed by atoms with Crippen molar-refractivity contribution in [1.29, 1.82) is 0 Å². The predicted molar refractivity (Wildman–Crippen MR) is 60.3 cm³/mol. The Labute approximate surface area is 82.4 Å². The van der Waals surface area contributed by atoms with E-state index in [-0.39, 0.29) is 0 Å². The standard InChI is InChI=1S/C8H10O.2C2H6/c1-6-3-4-7(2)8(9)5-6;2*1-2/h3-5,9H,1-2H3;2*1-2H3. The molecule has 1 rings (SSSR count). The molecule has 1 heteroatoms. The molecule has 0 aromatic heterocycles. The molecular weight excluding hydrogens is 160 g/mol. The van der Waals surface area contributed by atoms with E-state index in [9.17, 15) is 0 Å². The minimum absolute atomic E-state index is 0.384. The number of aromatic hydroxyl groups is 1. The molecule has 0 fully saturated rings. The van der Waals surface area contributed by atoms with Gasteiger partial charge in [-0.2, -0.15) is 0 Å². The summed E-state index contributed by atoms with van der Waals surface area (Å²) < 4.78 is 0. The molecule has 1 aromatic rings. The van der Waals surface area contributed by atoms with Crippen LogP contribution in [0.15, 0.2) is 18.2 Å². The van der Waals surface area contributed by atoms with Gasteiger partial charge < -0.3 is 5.11 Å². The van der Waals surface area contributed by atoms with Crippen LogP contribution in [-0.4, -0.2) is 5.11 Å². The van der Waals surface area contributed by atoms with E-state index in [1.54, 1.807) is 6.07 Å². The molecule has 0 radical (unpaired) electrons.